The lowest BCUT2D eigenvalue weighted by Gasteiger charge is -2.18. The maximum atomic E-state index is 12.7. The largest absolute Gasteiger partial charge is 0.462 e. The van der Waals surface area contributed by atoms with Crippen LogP contribution in [0, 0.1) is 11.8 Å². The van der Waals surface area contributed by atoms with Gasteiger partial charge < -0.3 is 14.2 Å². The minimum Gasteiger partial charge on any atom is -0.462 e. The highest BCUT2D eigenvalue weighted by Crippen LogP contribution is 2.17. The second kappa shape index (κ2) is 38.1. The van der Waals surface area contributed by atoms with E-state index in [0.717, 1.165) is 69.6 Å². The van der Waals surface area contributed by atoms with Crippen molar-refractivity contribution >= 4 is 17.9 Å². The number of hydrogen-bond acceptors (Lipinski definition) is 6. The van der Waals surface area contributed by atoms with Crippen molar-refractivity contribution in [3.05, 3.63) is 0 Å². The molecule has 0 aliphatic carbocycles. The highest BCUT2D eigenvalue weighted by Gasteiger charge is 2.19. The number of hydrogen-bond donors (Lipinski definition) is 0. The van der Waals surface area contributed by atoms with Gasteiger partial charge in [0.15, 0.2) is 6.10 Å². The molecule has 2 atom stereocenters. The van der Waals surface area contributed by atoms with E-state index in [-0.39, 0.29) is 31.1 Å². The Kier molecular flexibility index (Phi) is 37.0. The molecular weight excluding hydrogens is 636 g/mol. The first kappa shape index (κ1) is 49.4. The van der Waals surface area contributed by atoms with Gasteiger partial charge in [0.25, 0.3) is 0 Å². The standard InChI is InChI=1S/C45H86O6/c1-6-8-9-10-11-14-20-25-30-35-43(46)49-38-42(39-50-44(47)36-31-26-22-17-18-23-28-33-40(3)4)51-45(48)37-32-27-21-16-13-12-15-19-24-29-34-41(5)7-2/h40-42H,6-39H2,1-5H3/t41?,42-/m0/s1. The average Bonchev–Trinajstić information content (AvgIpc) is 3.11. The number of rotatable bonds is 39. The fourth-order valence-corrected chi connectivity index (χ4v) is 6.54. The smallest absolute Gasteiger partial charge is 0.306 e. The van der Waals surface area contributed by atoms with E-state index in [1.165, 1.54) is 128 Å². The van der Waals surface area contributed by atoms with Crippen LogP contribution in [-0.4, -0.2) is 37.2 Å². The molecule has 0 saturated carbocycles. The van der Waals surface area contributed by atoms with Crippen molar-refractivity contribution < 1.29 is 28.6 Å². The third-order valence-corrected chi connectivity index (χ3v) is 10.3. The Morgan fingerprint density at radius 2 is 0.745 bits per heavy atom. The molecule has 0 radical (unpaired) electrons. The minimum atomic E-state index is -0.760. The third-order valence-electron chi connectivity index (χ3n) is 10.3. The molecule has 0 aliphatic heterocycles. The Hall–Kier alpha value is -1.59. The molecule has 51 heavy (non-hydrogen) atoms. The van der Waals surface area contributed by atoms with Gasteiger partial charge in [-0.05, 0) is 31.1 Å². The lowest BCUT2D eigenvalue weighted by Crippen LogP contribution is -2.30. The van der Waals surface area contributed by atoms with Crippen molar-refractivity contribution in [3.63, 3.8) is 0 Å². The van der Waals surface area contributed by atoms with E-state index in [0.29, 0.717) is 19.3 Å². The van der Waals surface area contributed by atoms with Crippen molar-refractivity contribution in [2.24, 2.45) is 11.8 Å². The highest BCUT2D eigenvalue weighted by atomic mass is 16.6. The zero-order chi connectivity index (χ0) is 37.6. The van der Waals surface area contributed by atoms with E-state index in [9.17, 15) is 14.4 Å². The molecule has 6 heteroatoms. The van der Waals surface area contributed by atoms with Gasteiger partial charge in [0, 0.05) is 19.3 Å². The van der Waals surface area contributed by atoms with E-state index < -0.39 is 6.10 Å². The van der Waals surface area contributed by atoms with Crippen molar-refractivity contribution in [1.82, 2.24) is 0 Å². The van der Waals surface area contributed by atoms with E-state index in [2.05, 4.69) is 34.6 Å². The second-order valence-electron chi connectivity index (χ2n) is 16.1. The van der Waals surface area contributed by atoms with Crippen LogP contribution in [-0.2, 0) is 28.6 Å². The van der Waals surface area contributed by atoms with E-state index >= 15 is 0 Å². The Labute approximate surface area is 317 Å². The van der Waals surface area contributed by atoms with Crippen LogP contribution >= 0.6 is 0 Å². The summed E-state index contributed by atoms with van der Waals surface area (Å²) in [6.45, 7) is 11.3. The molecule has 0 bridgehead atoms. The first-order valence-electron chi connectivity index (χ1n) is 22.3. The maximum Gasteiger partial charge on any atom is 0.306 e. The molecule has 0 saturated heterocycles. The SMILES string of the molecule is CCCCCCCCCCCC(=O)OC[C@@H](COC(=O)CCCCCCCCCC(C)C)OC(=O)CCCCCCCCCCCCC(C)CC. The molecule has 0 N–H and O–H groups in total. The van der Waals surface area contributed by atoms with Crippen molar-refractivity contribution in [2.45, 2.75) is 246 Å². The van der Waals surface area contributed by atoms with Gasteiger partial charge in [-0.15, -0.1) is 0 Å². The van der Waals surface area contributed by atoms with E-state index in [4.69, 9.17) is 14.2 Å². The normalized spacial score (nSPS) is 12.6. The summed E-state index contributed by atoms with van der Waals surface area (Å²) in [6.07, 6.45) is 35.2. The summed E-state index contributed by atoms with van der Waals surface area (Å²) in [5, 5.41) is 0. The van der Waals surface area contributed by atoms with Gasteiger partial charge in [0.1, 0.15) is 13.2 Å². The molecule has 1 unspecified atom stereocenters. The van der Waals surface area contributed by atoms with Crippen LogP contribution in [0.1, 0.15) is 240 Å². The number of ether oxygens (including phenoxy) is 3. The summed E-state index contributed by atoms with van der Waals surface area (Å²) < 4.78 is 16.7. The minimum absolute atomic E-state index is 0.0658. The van der Waals surface area contributed by atoms with Crippen LogP contribution < -0.4 is 0 Å². The first-order chi connectivity index (χ1) is 24.8. The molecule has 0 aromatic carbocycles. The Balaban J connectivity index is 4.33. The van der Waals surface area contributed by atoms with E-state index in [1.807, 2.05) is 0 Å². The van der Waals surface area contributed by atoms with Gasteiger partial charge >= 0.3 is 17.9 Å². The van der Waals surface area contributed by atoms with Crippen molar-refractivity contribution in [2.75, 3.05) is 13.2 Å². The van der Waals surface area contributed by atoms with Crippen molar-refractivity contribution in [1.29, 1.82) is 0 Å². The molecule has 0 spiro atoms. The number of carbonyl (C=O) groups is 3. The lowest BCUT2D eigenvalue weighted by atomic mass is 9.99. The summed E-state index contributed by atoms with van der Waals surface area (Å²) in [4.78, 5) is 37.6. The fraction of sp³-hybridized carbons (Fsp3) is 0.933. The van der Waals surface area contributed by atoms with Crippen LogP contribution in [0.5, 0.6) is 0 Å². The fourth-order valence-electron chi connectivity index (χ4n) is 6.54. The van der Waals surface area contributed by atoms with Gasteiger partial charge in [-0.1, -0.05) is 202 Å². The predicted molar refractivity (Wildman–Crippen MR) is 215 cm³/mol. The average molecular weight is 723 g/mol. The monoisotopic (exact) mass is 723 g/mol. The van der Waals surface area contributed by atoms with Gasteiger partial charge in [-0.3, -0.25) is 14.4 Å². The Morgan fingerprint density at radius 3 is 1.12 bits per heavy atom. The number of esters is 3. The third kappa shape index (κ3) is 38.0. The maximum absolute atomic E-state index is 12.7. The summed E-state index contributed by atoms with van der Waals surface area (Å²) in [6, 6.07) is 0. The highest BCUT2D eigenvalue weighted by molar-refractivity contribution is 5.71. The molecule has 0 rings (SSSR count). The van der Waals surface area contributed by atoms with Gasteiger partial charge in [0.2, 0.25) is 0 Å². The summed E-state index contributed by atoms with van der Waals surface area (Å²) in [7, 11) is 0. The summed E-state index contributed by atoms with van der Waals surface area (Å²) in [5.41, 5.74) is 0. The summed E-state index contributed by atoms with van der Waals surface area (Å²) in [5.74, 6) is 0.785. The van der Waals surface area contributed by atoms with E-state index in [1.54, 1.807) is 0 Å². The molecule has 0 aromatic rings. The van der Waals surface area contributed by atoms with Crippen LogP contribution in [0.25, 0.3) is 0 Å². The van der Waals surface area contributed by atoms with Crippen LogP contribution in [0.3, 0.4) is 0 Å². The van der Waals surface area contributed by atoms with Gasteiger partial charge in [-0.2, -0.15) is 0 Å². The Bertz CT molecular complexity index is 781. The number of unbranched alkanes of at least 4 members (excludes halogenated alkanes) is 23. The molecule has 0 amide bonds. The second-order valence-corrected chi connectivity index (χ2v) is 16.1. The van der Waals surface area contributed by atoms with Gasteiger partial charge in [-0.25, -0.2) is 0 Å². The zero-order valence-electron chi connectivity index (χ0n) is 34.7. The molecular formula is C45H86O6. The number of carbonyl (C=O) groups excluding carboxylic acids is 3. The van der Waals surface area contributed by atoms with Crippen LogP contribution in [0.4, 0.5) is 0 Å². The first-order valence-corrected chi connectivity index (χ1v) is 22.3. The molecule has 6 nitrogen and oxygen atoms in total. The molecule has 0 fully saturated rings. The molecule has 0 heterocycles. The zero-order valence-corrected chi connectivity index (χ0v) is 34.7. The van der Waals surface area contributed by atoms with Crippen LogP contribution in [0.2, 0.25) is 0 Å². The molecule has 0 aromatic heterocycles. The summed E-state index contributed by atoms with van der Waals surface area (Å²) >= 11 is 0. The van der Waals surface area contributed by atoms with Crippen molar-refractivity contribution in [3.8, 4) is 0 Å². The predicted octanol–water partition coefficient (Wildman–Crippen LogP) is 13.8. The van der Waals surface area contributed by atoms with Crippen LogP contribution in [0.15, 0.2) is 0 Å². The molecule has 302 valence electrons. The topological polar surface area (TPSA) is 78.9 Å². The van der Waals surface area contributed by atoms with Gasteiger partial charge in [0.05, 0.1) is 0 Å². The quantitative estimate of drug-likeness (QED) is 0.0357. The molecule has 0 aliphatic rings. The Morgan fingerprint density at radius 1 is 0.412 bits per heavy atom. The lowest BCUT2D eigenvalue weighted by molar-refractivity contribution is -0.167.